The highest BCUT2D eigenvalue weighted by atomic mass is 31.3. The molecular weight excluding hydrogens is 432 g/mol. The maximum atomic E-state index is 12.0. The Morgan fingerprint density at radius 3 is 2.50 bits per heavy atom. The fraction of sp³-hybridized carbons (Fsp3) is 0.556. The minimum absolute atomic E-state index is 0.514. The van der Waals surface area contributed by atoms with Gasteiger partial charge in [0.15, 0.2) is 6.23 Å². The van der Waals surface area contributed by atoms with Gasteiger partial charge >= 0.3 is 21.3 Å². The van der Waals surface area contributed by atoms with Gasteiger partial charge in [-0.15, -0.1) is 0 Å². The van der Waals surface area contributed by atoms with Gasteiger partial charge < -0.3 is 29.6 Å². The lowest BCUT2D eigenvalue weighted by Gasteiger charge is -2.19. The quantitative estimate of drug-likeness (QED) is 0.119. The molecule has 0 saturated carbocycles. The van der Waals surface area contributed by atoms with Crippen LogP contribution in [0.4, 0.5) is 5.82 Å². The van der Waals surface area contributed by atoms with Crippen LogP contribution in [-0.2, 0) is 22.7 Å². The molecule has 1 unspecified atom stereocenters. The molecule has 28 heavy (non-hydrogen) atoms. The Morgan fingerprint density at radius 2 is 1.93 bits per heavy atom. The van der Waals surface area contributed by atoms with Crippen LogP contribution in [0.15, 0.2) is 20.8 Å². The van der Waals surface area contributed by atoms with E-state index < -0.39 is 63.9 Å². The molecular formula is C9H13N5O12P2. The molecule has 0 amide bonds. The second-order valence-electron chi connectivity index (χ2n) is 5.24. The van der Waals surface area contributed by atoms with Crippen LogP contribution in [0.5, 0.6) is 0 Å². The SMILES string of the molecule is [N-]=[N+]=Nc1cc(=O)[nH]c(=O)n1[C@@H]1O[C@H](COP(=O)(O)OP(=O)(O)O)[C@@H](O)[C@H]1O. The molecule has 156 valence electrons. The number of aromatic amines is 1. The number of phosphoric ester groups is 1. The molecule has 0 radical (unpaired) electrons. The van der Waals surface area contributed by atoms with Gasteiger partial charge in [0, 0.05) is 11.0 Å². The zero-order valence-electron chi connectivity index (χ0n) is 13.4. The van der Waals surface area contributed by atoms with Crippen LogP contribution in [0.1, 0.15) is 6.23 Å². The Kier molecular flexibility index (Phi) is 6.60. The van der Waals surface area contributed by atoms with Gasteiger partial charge in [0.1, 0.15) is 24.1 Å². The third-order valence-corrected chi connectivity index (χ3v) is 5.46. The van der Waals surface area contributed by atoms with Gasteiger partial charge in [0.2, 0.25) is 0 Å². The van der Waals surface area contributed by atoms with E-state index in [2.05, 4.69) is 18.9 Å². The van der Waals surface area contributed by atoms with E-state index in [1.165, 1.54) is 0 Å². The van der Waals surface area contributed by atoms with E-state index in [0.717, 1.165) is 0 Å². The molecule has 1 aliphatic heterocycles. The molecule has 6 N–H and O–H groups in total. The van der Waals surface area contributed by atoms with Crippen LogP contribution in [-0.4, -0.2) is 59.4 Å². The lowest BCUT2D eigenvalue weighted by Crippen LogP contribution is -2.38. The summed E-state index contributed by atoms with van der Waals surface area (Å²) >= 11 is 0. The number of phosphoric acid groups is 2. The summed E-state index contributed by atoms with van der Waals surface area (Å²) in [6.07, 6.45) is -6.98. The third-order valence-electron chi connectivity index (χ3n) is 3.31. The Morgan fingerprint density at radius 1 is 1.29 bits per heavy atom. The molecule has 0 aliphatic carbocycles. The number of hydrogen-bond acceptors (Lipinski definition) is 10. The minimum Gasteiger partial charge on any atom is -0.387 e. The van der Waals surface area contributed by atoms with Crippen molar-refractivity contribution in [2.75, 3.05) is 6.61 Å². The smallest absolute Gasteiger partial charge is 0.387 e. The van der Waals surface area contributed by atoms with Crippen molar-refractivity contribution in [2.45, 2.75) is 24.5 Å². The Balaban J connectivity index is 2.25. The first-order chi connectivity index (χ1) is 12.8. The van der Waals surface area contributed by atoms with Crippen LogP contribution in [0.2, 0.25) is 0 Å². The average molecular weight is 445 g/mol. The third kappa shape index (κ3) is 5.35. The highest BCUT2D eigenvalue weighted by Crippen LogP contribution is 2.57. The number of aromatic nitrogens is 2. The van der Waals surface area contributed by atoms with E-state index in [-0.39, 0.29) is 0 Å². The van der Waals surface area contributed by atoms with E-state index in [4.69, 9.17) is 20.1 Å². The molecule has 0 aromatic carbocycles. The van der Waals surface area contributed by atoms with Gasteiger partial charge in [-0.2, -0.15) is 4.31 Å². The minimum atomic E-state index is -5.38. The highest BCUT2D eigenvalue weighted by Gasteiger charge is 2.46. The summed E-state index contributed by atoms with van der Waals surface area (Å²) in [6.45, 7) is -1.00. The first-order valence-corrected chi connectivity index (χ1v) is 10.0. The van der Waals surface area contributed by atoms with Crippen LogP contribution < -0.4 is 11.2 Å². The number of nitrogens with one attached hydrogen (secondary N) is 1. The maximum absolute atomic E-state index is 12.0. The predicted octanol–water partition coefficient (Wildman–Crippen LogP) is -1.68. The van der Waals surface area contributed by atoms with E-state index in [0.29, 0.717) is 10.6 Å². The Hall–Kier alpha value is -1.87. The fourth-order valence-corrected chi connectivity index (χ4v) is 3.87. The highest BCUT2D eigenvalue weighted by molar-refractivity contribution is 7.60. The van der Waals surface area contributed by atoms with Crippen molar-refractivity contribution >= 4 is 21.5 Å². The van der Waals surface area contributed by atoms with Crippen LogP contribution in [0.25, 0.3) is 10.4 Å². The monoisotopic (exact) mass is 445 g/mol. The second kappa shape index (κ2) is 8.24. The number of ether oxygens (including phenoxy) is 1. The first kappa shape index (κ1) is 22.4. The van der Waals surface area contributed by atoms with Crippen molar-refractivity contribution < 1.29 is 47.6 Å². The Bertz CT molecular complexity index is 994. The van der Waals surface area contributed by atoms with E-state index in [9.17, 15) is 33.8 Å². The number of azide groups is 1. The van der Waals surface area contributed by atoms with E-state index in [1.807, 2.05) is 4.98 Å². The molecule has 0 bridgehead atoms. The maximum Gasteiger partial charge on any atom is 0.481 e. The van der Waals surface area contributed by atoms with Crippen molar-refractivity contribution in [3.63, 3.8) is 0 Å². The molecule has 1 aliphatic rings. The summed E-state index contributed by atoms with van der Waals surface area (Å²) in [4.78, 5) is 53.8. The summed E-state index contributed by atoms with van der Waals surface area (Å²) in [6, 6.07) is 0.712. The van der Waals surface area contributed by atoms with Crippen LogP contribution in [0, 0.1) is 0 Å². The van der Waals surface area contributed by atoms with E-state index >= 15 is 0 Å². The van der Waals surface area contributed by atoms with E-state index in [1.54, 1.807) is 0 Å². The molecule has 17 nitrogen and oxygen atoms in total. The normalized spacial score (nSPS) is 27.2. The van der Waals surface area contributed by atoms with Crippen LogP contribution >= 0.6 is 15.6 Å². The number of hydrogen-bond donors (Lipinski definition) is 6. The average Bonchev–Trinajstić information content (AvgIpc) is 2.79. The molecule has 19 heteroatoms. The van der Waals surface area contributed by atoms with Crippen molar-refractivity contribution in [3.05, 3.63) is 37.3 Å². The second-order valence-corrected chi connectivity index (χ2v) is 8.07. The summed E-state index contributed by atoms with van der Waals surface area (Å²) in [5.74, 6) is -0.563. The number of nitrogens with zero attached hydrogens (tertiary/aromatic N) is 4. The summed E-state index contributed by atoms with van der Waals surface area (Å²) < 4.78 is 35.5. The van der Waals surface area contributed by atoms with Crippen molar-refractivity contribution in [1.82, 2.24) is 9.55 Å². The molecule has 1 fully saturated rings. The predicted molar refractivity (Wildman–Crippen MR) is 85.0 cm³/mol. The van der Waals surface area contributed by atoms with Gasteiger partial charge in [-0.05, 0) is 10.6 Å². The van der Waals surface area contributed by atoms with Gasteiger partial charge in [-0.3, -0.25) is 18.9 Å². The van der Waals surface area contributed by atoms with Crippen LogP contribution in [0.3, 0.4) is 0 Å². The Labute approximate surface area is 153 Å². The topological polar surface area (TPSA) is 267 Å². The summed E-state index contributed by atoms with van der Waals surface area (Å²) in [5.41, 5.74) is 6.44. The summed E-state index contributed by atoms with van der Waals surface area (Å²) in [5, 5.41) is 23.2. The molecule has 2 heterocycles. The first-order valence-electron chi connectivity index (χ1n) is 7.01. The molecule has 2 rings (SSSR count). The number of rotatable bonds is 7. The molecule has 0 spiro atoms. The lowest BCUT2D eigenvalue weighted by atomic mass is 10.1. The summed E-state index contributed by atoms with van der Waals surface area (Å²) in [7, 11) is -10.6. The van der Waals surface area contributed by atoms with Gasteiger partial charge in [0.05, 0.1) is 6.61 Å². The zero-order chi connectivity index (χ0) is 21.3. The number of aliphatic hydroxyl groups is 2. The van der Waals surface area contributed by atoms with Gasteiger partial charge in [-0.25, -0.2) is 13.9 Å². The van der Waals surface area contributed by atoms with Crippen molar-refractivity contribution in [2.24, 2.45) is 5.11 Å². The lowest BCUT2D eigenvalue weighted by molar-refractivity contribution is -0.0533. The largest absolute Gasteiger partial charge is 0.481 e. The van der Waals surface area contributed by atoms with Gasteiger partial charge in [-0.1, -0.05) is 0 Å². The molecule has 1 aromatic heterocycles. The standard InChI is InChI=1S/C9H13N5O12P2/c10-13-12-4-1-5(15)11-9(18)14(4)8-7(17)6(16)3(25-8)2-24-28(22,23)26-27(19,20)21/h1,3,6-8,16-17H,2H2,(H,22,23)(H,11,15,18)(H2,19,20,21)/t3-,6-,7-,8-/m1/s1. The zero-order valence-corrected chi connectivity index (χ0v) is 15.2. The molecule has 1 aromatic rings. The molecule has 1 saturated heterocycles. The number of H-pyrrole nitrogens is 1. The number of aliphatic hydroxyl groups excluding tert-OH is 2. The van der Waals surface area contributed by atoms with Gasteiger partial charge in [0.25, 0.3) is 5.56 Å². The fourth-order valence-electron chi connectivity index (χ4n) is 2.27. The van der Waals surface area contributed by atoms with Crippen molar-refractivity contribution in [1.29, 1.82) is 0 Å². The molecule has 5 atom stereocenters. The van der Waals surface area contributed by atoms with Crippen molar-refractivity contribution in [3.8, 4) is 0 Å².